The molecule has 2 aromatic carbocycles. The van der Waals surface area contributed by atoms with Crippen molar-refractivity contribution < 1.29 is 22.7 Å². The number of fused-ring (bicyclic) bond motifs is 1. The second-order valence-corrected chi connectivity index (χ2v) is 11.4. The van der Waals surface area contributed by atoms with Crippen molar-refractivity contribution in [2.75, 3.05) is 7.11 Å². The highest BCUT2D eigenvalue weighted by molar-refractivity contribution is 7.90. The molecule has 3 aliphatic carbocycles. The molecule has 0 spiro atoms. The van der Waals surface area contributed by atoms with Crippen LogP contribution in [0.4, 0.5) is 0 Å². The Morgan fingerprint density at radius 2 is 1.76 bits per heavy atom. The van der Waals surface area contributed by atoms with Gasteiger partial charge in [-0.25, -0.2) is 13.1 Å². The number of ether oxygens (including phenoxy) is 2. The molecule has 0 aliphatic heterocycles. The smallest absolute Gasteiger partial charge is 0.264 e. The van der Waals surface area contributed by atoms with E-state index in [1.54, 1.807) is 25.3 Å². The van der Waals surface area contributed by atoms with Gasteiger partial charge in [-0.1, -0.05) is 30.3 Å². The first-order valence-corrected chi connectivity index (χ1v) is 13.6. The third-order valence-electron chi connectivity index (χ3n) is 7.47. The SMILES string of the molecule is COc1ccc([C@@H]2C[C@H]3CC(C(=O)NS(=O)(=O)c4ccccc4)=C[C@H]3C2)cc1OC1CCCC1. The first-order valence-electron chi connectivity index (χ1n) is 12.1. The molecule has 5 rings (SSSR count). The monoisotopic (exact) mass is 481 g/mol. The highest BCUT2D eigenvalue weighted by Gasteiger charge is 2.40. The molecule has 1 N–H and O–H groups in total. The number of nitrogens with one attached hydrogen (secondary N) is 1. The van der Waals surface area contributed by atoms with Gasteiger partial charge in [0.1, 0.15) is 0 Å². The molecule has 34 heavy (non-hydrogen) atoms. The number of rotatable bonds is 7. The summed E-state index contributed by atoms with van der Waals surface area (Å²) in [6, 6.07) is 14.2. The molecule has 1 amide bonds. The fourth-order valence-corrected chi connectivity index (χ4v) is 6.73. The van der Waals surface area contributed by atoms with Gasteiger partial charge in [-0.05, 0) is 92.5 Å². The van der Waals surface area contributed by atoms with Crippen molar-refractivity contribution in [3.63, 3.8) is 0 Å². The molecule has 2 aromatic rings. The number of hydrogen-bond acceptors (Lipinski definition) is 5. The van der Waals surface area contributed by atoms with Crippen LogP contribution in [0.3, 0.4) is 0 Å². The summed E-state index contributed by atoms with van der Waals surface area (Å²) in [5.41, 5.74) is 1.82. The summed E-state index contributed by atoms with van der Waals surface area (Å²) in [5, 5.41) is 0. The zero-order valence-corrected chi connectivity index (χ0v) is 20.2. The van der Waals surface area contributed by atoms with E-state index in [0.717, 1.165) is 37.2 Å². The number of benzene rings is 2. The first kappa shape index (κ1) is 23.0. The second kappa shape index (κ2) is 9.45. The van der Waals surface area contributed by atoms with E-state index in [0.29, 0.717) is 23.8 Å². The predicted molar refractivity (Wildman–Crippen MR) is 129 cm³/mol. The summed E-state index contributed by atoms with van der Waals surface area (Å²) in [5.74, 6) is 2.11. The van der Waals surface area contributed by atoms with Crippen molar-refractivity contribution in [1.82, 2.24) is 4.72 Å². The van der Waals surface area contributed by atoms with E-state index >= 15 is 0 Å². The standard InChI is InChI=1S/C27H31NO5S/c1-32-25-12-11-18(17-26(25)33-23-7-5-6-8-23)19-13-20-15-22(16-21(20)14-19)27(29)28-34(30,31)24-9-3-2-4-10-24/h2-4,9-12,15,17,19-21,23H,5-8,13-14,16H2,1H3,(H,28,29)/t19-,20+,21-/m0/s1. The maximum atomic E-state index is 12.7. The minimum absolute atomic E-state index is 0.0948. The van der Waals surface area contributed by atoms with E-state index in [1.807, 2.05) is 12.1 Å². The Labute approximate surface area is 201 Å². The van der Waals surface area contributed by atoms with Gasteiger partial charge in [0, 0.05) is 5.57 Å². The first-order chi connectivity index (χ1) is 16.4. The highest BCUT2D eigenvalue weighted by Crippen LogP contribution is 2.50. The minimum Gasteiger partial charge on any atom is -0.493 e. The van der Waals surface area contributed by atoms with Gasteiger partial charge in [-0.2, -0.15) is 0 Å². The second-order valence-electron chi connectivity index (χ2n) is 9.67. The normalized spacial score (nSPS) is 24.5. The van der Waals surface area contributed by atoms with Crippen molar-refractivity contribution in [2.24, 2.45) is 11.8 Å². The van der Waals surface area contributed by atoms with Gasteiger partial charge in [0.05, 0.1) is 18.1 Å². The third-order valence-corrected chi connectivity index (χ3v) is 8.82. The Hall–Kier alpha value is -2.80. The molecule has 2 fully saturated rings. The number of methoxy groups -OCH3 is 1. The van der Waals surface area contributed by atoms with E-state index in [2.05, 4.69) is 16.9 Å². The molecule has 6 nitrogen and oxygen atoms in total. The third kappa shape index (κ3) is 4.71. The van der Waals surface area contributed by atoms with E-state index in [-0.39, 0.29) is 16.9 Å². The van der Waals surface area contributed by atoms with Gasteiger partial charge in [0.25, 0.3) is 15.9 Å². The van der Waals surface area contributed by atoms with E-state index in [9.17, 15) is 13.2 Å². The van der Waals surface area contributed by atoms with Crippen LogP contribution in [0.5, 0.6) is 11.5 Å². The number of hydrogen-bond donors (Lipinski definition) is 1. The van der Waals surface area contributed by atoms with Crippen LogP contribution in [0.15, 0.2) is 65.1 Å². The average Bonchev–Trinajstić information content (AvgIpc) is 3.56. The summed E-state index contributed by atoms with van der Waals surface area (Å²) in [7, 11) is -2.19. The minimum atomic E-state index is -3.86. The lowest BCUT2D eigenvalue weighted by Gasteiger charge is -2.19. The zero-order chi connectivity index (χ0) is 23.7. The zero-order valence-electron chi connectivity index (χ0n) is 19.4. The van der Waals surface area contributed by atoms with E-state index in [4.69, 9.17) is 9.47 Å². The Kier molecular flexibility index (Phi) is 6.38. The maximum Gasteiger partial charge on any atom is 0.264 e. The van der Waals surface area contributed by atoms with Gasteiger partial charge in [-0.15, -0.1) is 0 Å². The Morgan fingerprint density at radius 1 is 1.00 bits per heavy atom. The molecule has 0 heterocycles. The van der Waals surface area contributed by atoms with Crippen molar-refractivity contribution in [3.8, 4) is 11.5 Å². The molecular formula is C27H31NO5S. The maximum absolute atomic E-state index is 12.7. The molecule has 180 valence electrons. The number of carbonyl (C=O) groups is 1. The Bertz CT molecular complexity index is 1180. The number of sulfonamides is 1. The molecule has 3 aliphatic rings. The summed E-state index contributed by atoms with van der Waals surface area (Å²) in [4.78, 5) is 12.8. The van der Waals surface area contributed by atoms with Crippen molar-refractivity contribution >= 4 is 15.9 Å². The van der Waals surface area contributed by atoms with Crippen molar-refractivity contribution in [3.05, 3.63) is 65.7 Å². The van der Waals surface area contributed by atoms with Crippen LogP contribution < -0.4 is 14.2 Å². The van der Waals surface area contributed by atoms with Crippen molar-refractivity contribution in [2.45, 2.75) is 61.9 Å². The molecular weight excluding hydrogens is 450 g/mol. The average molecular weight is 482 g/mol. The summed E-state index contributed by atoms with van der Waals surface area (Å²) < 4.78 is 39.1. The molecule has 0 bridgehead atoms. The molecule has 0 saturated heterocycles. The van der Waals surface area contributed by atoms with Gasteiger partial charge < -0.3 is 9.47 Å². The Morgan fingerprint density at radius 3 is 2.47 bits per heavy atom. The van der Waals surface area contributed by atoms with Crippen LogP contribution in [0.25, 0.3) is 0 Å². The van der Waals surface area contributed by atoms with Gasteiger partial charge in [0.2, 0.25) is 0 Å². The summed E-state index contributed by atoms with van der Waals surface area (Å²) in [6.45, 7) is 0. The summed E-state index contributed by atoms with van der Waals surface area (Å²) in [6.07, 6.45) is 9.40. The fraction of sp³-hybridized carbons (Fsp3) is 0.444. The van der Waals surface area contributed by atoms with Gasteiger partial charge in [-0.3, -0.25) is 4.79 Å². The molecule has 0 unspecified atom stereocenters. The van der Waals surface area contributed by atoms with Crippen LogP contribution in [0.1, 0.15) is 56.4 Å². The van der Waals surface area contributed by atoms with Crippen LogP contribution in [0, 0.1) is 11.8 Å². The molecule has 3 atom stereocenters. The number of carbonyl (C=O) groups excluding carboxylic acids is 1. The van der Waals surface area contributed by atoms with Crippen LogP contribution in [0.2, 0.25) is 0 Å². The summed E-state index contributed by atoms with van der Waals surface area (Å²) >= 11 is 0. The lowest BCUT2D eigenvalue weighted by molar-refractivity contribution is -0.116. The molecule has 0 radical (unpaired) electrons. The van der Waals surface area contributed by atoms with E-state index < -0.39 is 15.9 Å². The highest BCUT2D eigenvalue weighted by atomic mass is 32.2. The molecule has 7 heteroatoms. The van der Waals surface area contributed by atoms with Crippen molar-refractivity contribution in [1.29, 1.82) is 0 Å². The largest absolute Gasteiger partial charge is 0.493 e. The topological polar surface area (TPSA) is 81.7 Å². The van der Waals surface area contributed by atoms with Crippen LogP contribution in [-0.4, -0.2) is 27.5 Å². The number of allylic oxidation sites excluding steroid dienone is 1. The van der Waals surface area contributed by atoms with Gasteiger partial charge in [0.15, 0.2) is 11.5 Å². The molecule has 0 aromatic heterocycles. The predicted octanol–water partition coefficient (Wildman–Crippen LogP) is 4.96. The lowest BCUT2D eigenvalue weighted by atomic mass is 9.94. The quantitative estimate of drug-likeness (QED) is 0.604. The lowest BCUT2D eigenvalue weighted by Crippen LogP contribution is -2.31. The fourth-order valence-electron chi connectivity index (χ4n) is 5.72. The molecule has 2 saturated carbocycles. The van der Waals surface area contributed by atoms with Crippen LogP contribution in [-0.2, 0) is 14.8 Å². The van der Waals surface area contributed by atoms with E-state index in [1.165, 1.54) is 30.5 Å². The number of amides is 1. The van der Waals surface area contributed by atoms with Crippen LogP contribution >= 0.6 is 0 Å². The van der Waals surface area contributed by atoms with Gasteiger partial charge >= 0.3 is 0 Å². The Balaban J connectivity index is 1.25.